The van der Waals surface area contributed by atoms with Crippen LogP contribution >= 0.6 is 0 Å². The van der Waals surface area contributed by atoms with Crippen LogP contribution in [0.15, 0.2) is 24.3 Å². The monoisotopic (exact) mass is 310 g/mol. The quantitative estimate of drug-likeness (QED) is 0.834. The molecule has 1 heterocycles. The second-order valence-electron chi connectivity index (χ2n) is 5.69. The van der Waals surface area contributed by atoms with Gasteiger partial charge in [-0.15, -0.1) is 0 Å². The molecule has 1 aromatic rings. The molecule has 0 radical (unpaired) electrons. The van der Waals surface area contributed by atoms with Crippen LogP contribution in [0.5, 0.6) is 5.75 Å². The molecule has 1 aliphatic heterocycles. The van der Waals surface area contributed by atoms with Gasteiger partial charge in [0.1, 0.15) is 17.7 Å². The Hall–Kier alpha value is -1.66. The van der Waals surface area contributed by atoms with Crippen LogP contribution in [0.1, 0.15) is 19.8 Å². The van der Waals surface area contributed by atoms with Gasteiger partial charge in [0.05, 0.1) is 12.0 Å². The lowest BCUT2D eigenvalue weighted by Crippen LogP contribution is -2.50. The molecule has 122 valence electrons. The van der Waals surface area contributed by atoms with Crippen LogP contribution in [0.25, 0.3) is 0 Å². The van der Waals surface area contributed by atoms with Crippen molar-refractivity contribution in [3.05, 3.63) is 30.1 Å². The highest BCUT2D eigenvalue weighted by molar-refractivity contribution is 5.83. The van der Waals surface area contributed by atoms with Crippen LogP contribution in [0, 0.1) is 11.2 Å². The fourth-order valence-electron chi connectivity index (χ4n) is 2.50. The van der Waals surface area contributed by atoms with Crippen molar-refractivity contribution in [3.63, 3.8) is 0 Å². The Kier molecular flexibility index (Phi) is 5.74. The molecule has 0 aromatic heterocycles. The second-order valence-corrected chi connectivity index (χ2v) is 5.69. The number of rotatable bonds is 6. The first-order valence-electron chi connectivity index (χ1n) is 7.54. The van der Waals surface area contributed by atoms with Gasteiger partial charge >= 0.3 is 0 Å². The van der Waals surface area contributed by atoms with Crippen LogP contribution in [0.3, 0.4) is 0 Å². The lowest BCUT2D eigenvalue weighted by Gasteiger charge is -2.34. The number of halogens is 1. The zero-order valence-corrected chi connectivity index (χ0v) is 12.8. The third-order valence-corrected chi connectivity index (χ3v) is 4.02. The summed E-state index contributed by atoms with van der Waals surface area (Å²) in [4.78, 5) is 12.4. The number of carbonyl (C=O) groups excluding carboxylic acids is 1. The van der Waals surface area contributed by atoms with E-state index in [0.717, 1.165) is 0 Å². The first-order chi connectivity index (χ1) is 10.6. The lowest BCUT2D eigenvalue weighted by molar-refractivity contribution is -0.136. The Morgan fingerprint density at radius 1 is 1.41 bits per heavy atom. The van der Waals surface area contributed by atoms with E-state index >= 15 is 0 Å². The summed E-state index contributed by atoms with van der Waals surface area (Å²) in [7, 11) is 0. The number of nitrogens with two attached hydrogens (primary N) is 1. The van der Waals surface area contributed by atoms with Crippen molar-refractivity contribution in [1.82, 2.24) is 5.32 Å². The molecule has 1 atom stereocenters. The highest BCUT2D eigenvalue weighted by atomic mass is 19.1. The van der Waals surface area contributed by atoms with Crippen LogP contribution < -0.4 is 15.8 Å². The fourth-order valence-corrected chi connectivity index (χ4v) is 2.50. The fraction of sp³-hybridized carbons (Fsp3) is 0.562. The number of hydrogen-bond donors (Lipinski definition) is 2. The van der Waals surface area contributed by atoms with E-state index in [1.54, 1.807) is 12.1 Å². The van der Waals surface area contributed by atoms with Crippen molar-refractivity contribution in [2.75, 3.05) is 26.3 Å². The van der Waals surface area contributed by atoms with Gasteiger partial charge in [-0.1, -0.05) is 0 Å². The summed E-state index contributed by atoms with van der Waals surface area (Å²) >= 11 is 0. The molecule has 1 aliphatic rings. The topological polar surface area (TPSA) is 73.6 Å². The number of hydrogen-bond acceptors (Lipinski definition) is 4. The standard InChI is InChI=1S/C16H23FN2O3/c1-12(22-14-4-2-13(17)3-5-14)10-19-15(20)16(11-18)6-8-21-9-7-16/h2-5,12H,6-11,18H2,1H3,(H,19,20). The summed E-state index contributed by atoms with van der Waals surface area (Å²) in [6, 6.07) is 5.80. The van der Waals surface area contributed by atoms with Gasteiger partial charge in [-0.25, -0.2) is 4.39 Å². The SMILES string of the molecule is CC(CNC(=O)C1(CN)CCOCC1)Oc1ccc(F)cc1. The number of benzene rings is 1. The Labute approximate surface area is 130 Å². The molecule has 0 aliphatic carbocycles. The zero-order valence-electron chi connectivity index (χ0n) is 12.8. The van der Waals surface area contributed by atoms with E-state index in [-0.39, 0.29) is 17.8 Å². The van der Waals surface area contributed by atoms with E-state index in [0.29, 0.717) is 44.9 Å². The van der Waals surface area contributed by atoms with Gasteiger partial charge < -0.3 is 20.5 Å². The van der Waals surface area contributed by atoms with Crippen molar-refractivity contribution in [2.45, 2.75) is 25.9 Å². The Morgan fingerprint density at radius 3 is 2.64 bits per heavy atom. The maximum absolute atomic E-state index is 12.8. The number of amides is 1. The van der Waals surface area contributed by atoms with Gasteiger partial charge in [-0.3, -0.25) is 4.79 Å². The Balaban J connectivity index is 1.83. The van der Waals surface area contributed by atoms with Crippen LogP contribution in [0.4, 0.5) is 4.39 Å². The highest BCUT2D eigenvalue weighted by Crippen LogP contribution is 2.29. The van der Waals surface area contributed by atoms with E-state index < -0.39 is 5.41 Å². The minimum atomic E-state index is -0.534. The molecule has 0 spiro atoms. The normalized spacial score (nSPS) is 18.5. The molecule has 1 unspecified atom stereocenters. The molecule has 1 amide bonds. The van der Waals surface area contributed by atoms with E-state index in [4.69, 9.17) is 15.2 Å². The van der Waals surface area contributed by atoms with Gasteiger partial charge in [-0.2, -0.15) is 0 Å². The second kappa shape index (κ2) is 7.56. The summed E-state index contributed by atoms with van der Waals surface area (Å²) in [5.41, 5.74) is 5.27. The van der Waals surface area contributed by atoms with Gasteiger partial charge in [0.15, 0.2) is 0 Å². The molecule has 2 rings (SSSR count). The molecule has 1 saturated heterocycles. The molecule has 6 heteroatoms. The van der Waals surface area contributed by atoms with Crippen molar-refractivity contribution < 1.29 is 18.7 Å². The summed E-state index contributed by atoms with van der Waals surface area (Å²) in [6.45, 7) is 3.66. The minimum Gasteiger partial charge on any atom is -0.489 e. The van der Waals surface area contributed by atoms with Gasteiger partial charge in [0.25, 0.3) is 0 Å². The number of carbonyl (C=O) groups is 1. The lowest BCUT2D eigenvalue weighted by atomic mass is 9.79. The first-order valence-corrected chi connectivity index (χ1v) is 7.54. The molecule has 22 heavy (non-hydrogen) atoms. The predicted molar refractivity (Wildman–Crippen MR) is 81.0 cm³/mol. The first kappa shape index (κ1) is 16.7. The van der Waals surface area contributed by atoms with Gasteiger partial charge in [0.2, 0.25) is 5.91 Å². The molecule has 3 N–H and O–H groups in total. The van der Waals surface area contributed by atoms with E-state index in [1.165, 1.54) is 12.1 Å². The molecular weight excluding hydrogens is 287 g/mol. The van der Waals surface area contributed by atoms with Crippen molar-refractivity contribution in [3.8, 4) is 5.75 Å². The smallest absolute Gasteiger partial charge is 0.227 e. The maximum atomic E-state index is 12.8. The molecule has 5 nitrogen and oxygen atoms in total. The third-order valence-electron chi connectivity index (χ3n) is 4.02. The molecular formula is C16H23FN2O3. The van der Waals surface area contributed by atoms with Gasteiger partial charge in [-0.05, 0) is 44.0 Å². The molecule has 0 saturated carbocycles. The van der Waals surface area contributed by atoms with E-state index in [9.17, 15) is 9.18 Å². The average molecular weight is 310 g/mol. The van der Waals surface area contributed by atoms with Gasteiger partial charge in [0, 0.05) is 19.8 Å². The van der Waals surface area contributed by atoms with Crippen LogP contribution in [-0.4, -0.2) is 38.3 Å². The molecule has 1 aromatic carbocycles. The third kappa shape index (κ3) is 4.18. The summed E-state index contributed by atoms with van der Waals surface area (Å²) in [5.74, 6) is 0.216. The highest BCUT2D eigenvalue weighted by Gasteiger charge is 2.38. The number of nitrogens with one attached hydrogen (secondary N) is 1. The predicted octanol–water partition coefficient (Wildman–Crippen LogP) is 1.46. The summed E-state index contributed by atoms with van der Waals surface area (Å²) in [5, 5.41) is 2.90. The maximum Gasteiger partial charge on any atom is 0.227 e. The number of ether oxygens (including phenoxy) is 2. The van der Waals surface area contributed by atoms with Crippen LogP contribution in [-0.2, 0) is 9.53 Å². The van der Waals surface area contributed by atoms with Crippen molar-refractivity contribution in [1.29, 1.82) is 0 Å². The van der Waals surface area contributed by atoms with E-state index in [2.05, 4.69) is 5.32 Å². The Morgan fingerprint density at radius 2 is 2.05 bits per heavy atom. The summed E-state index contributed by atoms with van der Waals surface area (Å²) < 4.78 is 23.8. The molecule has 0 bridgehead atoms. The largest absolute Gasteiger partial charge is 0.489 e. The molecule has 1 fully saturated rings. The van der Waals surface area contributed by atoms with Crippen molar-refractivity contribution >= 4 is 5.91 Å². The summed E-state index contributed by atoms with van der Waals surface area (Å²) in [6.07, 6.45) is 1.06. The van der Waals surface area contributed by atoms with E-state index in [1.807, 2.05) is 6.92 Å². The average Bonchev–Trinajstić information content (AvgIpc) is 2.55. The Bertz CT molecular complexity index is 487. The van der Waals surface area contributed by atoms with Crippen molar-refractivity contribution in [2.24, 2.45) is 11.1 Å². The zero-order chi connectivity index (χ0) is 16.0. The minimum absolute atomic E-state index is 0.0483. The van der Waals surface area contributed by atoms with Crippen LogP contribution in [0.2, 0.25) is 0 Å².